The maximum atomic E-state index is 11.3. The van der Waals surface area contributed by atoms with E-state index in [4.69, 9.17) is 0 Å². The lowest BCUT2D eigenvalue weighted by Crippen LogP contribution is -1.97. The molecule has 2 heterocycles. The minimum absolute atomic E-state index is 0.390. The largest absolute Gasteiger partial charge is 0.477 e. The van der Waals surface area contributed by atoms with Crippen LogP contribution in [0.25, 0.3) is 15.9 Å². The van der Waals surface area contributed by atoms with Gasteiger partial charge < -0.3 is 5.11 Å². The Balaban J connectivity index is 2.29. The number of nitrogens with zero attached hydrogens (tertiary/aromatic N) is 2. The number of benzene rings is 1. The van der Waals surface area contributed by atoms with Crippen molar-refractivity contribution in [2.75, 3.05) is 0 Å². The number of rotatable bonds is 2. The Kier molecular flexibility index (Phi) is 2.87. The van der Waals surface area contributed by atoms with Crippen molar-refractivity contribution in [3.63, 3.8) is 0 Å². The van der Waals surface area contributed by atoms with Crippen LogP contribution in [0.15, 0.2) is 24.3 Å². The molecule has 0 saturated carbocycles. The third-order valence-electron chi connectivity index (χ3n) is 3.41. The smallest absolute Gasteiger partial charge is 0.346 e. The molecule has 0 spiro atoms. The molecule has 1 N–H and O–H groups in total. The van der Waals surface area contributed by atoms with Crippen molar-refractivity contribution in [3.05, 3.63) is 46.0 Å². The lowest BCUT2D eigenvalue weighted by molar-refractivity contribution is 0.0701. The van der Waals surface area contributed by atoms with E-state index in [1.165, 1.54) is 16.9 Å². The molecule has 0 aliphatic heterocycles. The predicted molar refractivity (Wildman–Crippen MR) is 80.1 cm³/mol. The fraction of sp³-hybridized carbons (Fsp3) is 0.200. The molecule has 0 bridgehead atoms. The molecule has 0 aliphatic carbocycles. The molecular formula is C15H14N2O2S. The van der Waals surface area contributed by atoms with E-state index in [1.54, 1.807) is 0 Å². The first-order chi connectivity index (χ1) is 9.49. The highest BCUT2D eigenvalue weighted by Gasteiger charge is 2.20. The number of thiophene rings is 1. The van der Waals surface area contributed by atoms with Gasteiger partial charge in [-0.2, -0.15) is 5.10 Å². The van der Waals surface area contributed by atoms with Crippen LogP contribution >= 0.6 is 11.3 Å². The van der Waals surface area contributed by atoms with Crippen LogP contribution in [0, 0.1) is 20.8 Å². The summed E-state index contributed by atoms with van der Waals surface area (Å²) in [6, 6.07) is 8.04. The zero-order valence-corrected chi connectivity index (χ0v) is 12.3. The summed E-state index contributed by atoms with van der Waals surface area (Å²) >= 11 is 1.28. The average Bonchev–Trinajstić information content (AvgIpc) is 2.90. The van der Waals surface area contributed by atoms with E-state index >= 15 is 0 Å². The summed E-state index contributed by atoms with van der Waals surface area (Å²) < 4.78 is 1.83. The molecule has 2 aromatic heterocycles. The van der Waals surface area contributed by atoms with Gasteiger partial charge in [0, 0.05) is 5.39 Å². The number of aryl methyl sites for hydroxylation is 3. The monoisotopic (exact) mass is 286 g/mol. The Morgan fingerprint density at radius 3 is 2.45 bits per heavy atom. The summed E-state index contributed by atoms with van der Waals surface area (Å²) in [7, 11) is 0. The molecule has 0 aliphatic rings. The van der Waals surface area contributed by atoms with E-state index in [1.807, 2.05) is 49.7 Å². The molecule has 0 amide bonds. The SMILES string of the molecule is Cc1ccc(-n2nc(C)c3c(C)c(C(=O)O)sc32)cc1. The number of carbonyl (C=O) groups is 1. The molecule has 0 saturated heterocycles. The highest BCUT2D eigenvalue weighted by molar-refractivity contribution is 7.20. The number of hydrogen-bond donors (Lipinski definition) is 1. The number of carboxylic acid groups (broad SMARTS) is 1. The highest BCUT2D eigenvalue weighted by Crippen LogP contribution is 2.34. The maximum Gasteiger partial charge on any atom is 0.346 e. The molecule has 0 fully saturated rings. The van der Waals surface area contributed by atoms with Crippen LogP contribution in [0.5, 0.6) is 0 Å². The average molecular weight is 286 g/mol. The van der Waals surface area contributed by atoms with Gasteiger partial charge in [0.05, 0.1) is 11.4 Å². The van der Waals surface area contributed by atoms with Gasteiger partial charge in [0.1, 0.15) is 9.71 Å². The lowest BCUT2D eigenvalue weighted by Gasteiger charge is -2.02. The molecule has 0 radical (unpaired) electrons. The van der Waals surface area contributed by atoms with E-state index < -0.39 is 5.97 Å². The van der Waals surface area contributed by atoms with Gasteiger partial charge in [0.2, 0.25) is 0 Å². The van der Waals surface area contributed by atoms with Crippen molar-refractivity contribution in [1.29, 1.82) is 0 Å². The van der Waals surface area contributed by atoms with E-state index in [0.717, 1.165) is 27.2 Å². The highest BCUT2D eigenvalue weighted by atomic mass is 32.1. The number of fused-ring (bicyclic) bond motifs is 1. The second-order valence-electron chi connectivity index (χ2n) is 4.87. The van der Waals surface area contributed by atoms with Gasteiger partial charge in [-0.1, -0.05) is 17.7 Å². The molecule has 1 aromatic carbocycles. The molecule has 102 valence electrons. The summed E-state index contributed by atoms with van der Waals surface area (Å²) in [4.78, 5) is 12.6. The Morgan fingerprint density at radius 1 is 1.20 bits per heavy atom. The second-order valence-corrected chi connectivity index (χ2v) is 5.87. The van der Waals surface area contributed by atoms with Crippen molar-refractivity contribution >= 4 is 27.5 Å². The summed E-state index contributed by atoms with van der Waals surface area (Å²) in [5.74, 6) is -0.876. The van der Waals surface area contributed by atoms with Crippen LogP contribution in [0.3, 0.4) is 0 Å². The second kappa shape index (κ2) is 4.45. The Hall–Kier alpha value is -2.14. The van der Waals surface area contributed by atoms with Gasteiger partial charge in [-0.15, -0.1) is 11.3 Å². The van der Waals surface area contributed by atoms with Gasteiger partial charge >= 0.3 is 5.97 Å². The molecule has 4 nitrogen and oxygen atoms in total. The first-order valence-electron chi connectivity index (χ1n) is 6.28. The van der Waals surface area contributed by atoms with Gasteiger partial charge in [0.25, 0.3) is 0 Å². The van der Waals surface area contributed by atoms with Gasteiger partial charge in [-0.05, 0) is 38.5 Å². The van der Waals surface area contributed by atoms with E-state index in [2.05, 4.69) is 5.10 Å². The summed E-state index contributed by atoms with van der Waals surface area (Å²) in [6.07, 6.45) is 0. The first kappa shape index (κ1) is 12.9. The number of hydrogen-bond acceptors (Lipinski definition) is 3. The van der Waals surface area contributed by atoms with Crippen LogP contribution in [-0.4, -0.2) is 20.9 Å². The Labute approximate surface area is 120 Å². The van der Waals surface area contributed by atoms with Gasteiger partial charge in [0.15, 0.2) is 0 Å². The molecule has 5 heteroatoms. The lowest BCUT2D eigenvalue weighted by atomic mass is 10.2. The van der Waals surface area contributed by atoms with Crippen molar-refractivity contribution in [1.82, 2.24) is 9.78 Å². The maximum absolute atomic E-state index is 11.3. The normalized spacial score (nSPS) is 11.2. The van der Waals surface area contributed by atoms with Gasteiger partial charge in [-0.3, -0.25) is 0 Å². The van der Waals surface area contributed by atoms with Crippen LogP contribution < -0.4 is 0 Å². The molecule has 0 atom stereocenters. The zero-order valence-electron chi connectivity index (χ0n) is 11.5. The van der Waals surface area contributed by atoms with Crippen LogP contribution in [0.1, 0.15) is 26.5 Å². The third kappa shape index (κ3) is 1.82. The summed E-state index contributed by atoms with van der Waals surface area (Å²) in [6.45, 7) is 5.79. The van der Waals surface area contributed by atoms with Crippen LogP contribution in [0.2, 0.25) is 0 Å². The van der Waals surface area contributed by atoms with Crippen molar-refractivity contribution in [2.24, 2.45) is 0 Å². The summed E-state index contributed by atoms with van der Waals surface area (Å²) in [5, 5.41) is 14.8. The van der Waals surface area contributed by atoms with E-state index in [0.29, 0.717) is 4.88 Å². The molecule has 3 rings (SSSR count). The fourth-order valence-corrected chi connectivity index (χ4v) is 3.56. The van der Waals surface area contributed by atoms with Crippen molar-refractivity contribution < 1.29 is 9.90 Å². The number of aromatic nitrogens is 2. The topological polar surface area (TPSA) is 55.1 Å². The molecule has 0 unspecified atom stereocenters. The van der Waals surface area contributed by atoms with Crippen LogP contribution in [0.4, 0.5) is 0 Å². The molecule has 20 heavy (non-hydrogen) atoms. The molecular weight excluding hydrogens is 272 g/mol. The van der Waals surface area contributed by atoms with Gasteiger partial charge in [-0.25, -0.2) is 9.48 Å². The summed E-state index contributed by atoms with van der Waals surface area (Å²) in [5.41, 5.74) is 3.80. The first-order valence-corrected chi connectivity index (χ1v) is 7.09. The third-order valence-corrected chi connectivity index (χ3v) is 4.66. The van der Waals surface area contributed by atoms with E-state index in [-0.39, 0.29) is 0 Å². The zero-order chi connectivity index (χ0) is 14.4. The van der Waals surface area contributed by atoms with Crippen LogP contribution in [-0.2, 0) is 0 Å². The molecule has 3 aromatic rings. The number of aromatic carboxylic acids is 1. The minimum atomic E-state index is -0.876. The minimum Gasteiger partial charge on any atom is -0.477 e. The van der Waals surface area contributed by atoms with E-state index in [9.17, 15) is 9.90 Å². The Bertz CT molecular complexity index is 813. The Morgan fingerprint density at radius 2 is 1.85 bits per heavy atom. The predicted octanol–water partition coefficient (Wildman–Crippen LogP) is 3.71. The standard InChI is InChI=1S/C15H14N2O2S/c1-8-4-6-11(7-5-8)17-14-12(10(3)16-17)9(2)13(20-14)15(18)19/h4-7H,1-3H3,(H,18,19). The quantitative estimate of drug-likeness (QED) is 0.781. The van der Waals surface area contributed by atoms with Crippen molar-refractivity contribution in [3.8, 4) is 5.69 Å². The van der Waals surface area contributed by atoms with Crippen molar-refractivity contribution in [2.45, 2.75) is 20.8 Å². The fourth-order valence-electron chi connectivity index (χ4n) is 2.38. The number of carboxylic acids is 1.